The molecular formula is C14H22N2O2. The Kier molecular flexibility index (Phi) is 4.09. The Hall–Kier alpha value is -1.26. The smallest absolute Gasteiger partial charge is 0.122 e. The van der Waals surface area contributed by atoms with Crippen molar-refractivity contribution in [2.75, 3.05) is 24.6 Å². The molecule has 1 heterocycles. The summed E-state index contributed by atoms with van der Waals surface area (Å²) in [5.74, 6) is 0.832. The van der Waals surface area contributed by atoms with Gasteiger partial charge in [-0.25, -0.2) is 0 Å². The summed E-state index contributed by atoms with van der Waals surface area (Å²) >= 11 is 0. The van der Waals surface area contributed by atoms with E-state index in [1.54, 1.807) is 6.07 Å². The minimum atomic E-state index is -0.153. The minimum Gasteiger partial charge on any atom is -0.508 e. The van der Waals surface area contributed by atoms with Crippen LogP contribution in [0.4, 0.5) is 5.69 Å². The number of aliphatic hydroxyl groups excluding tert-OH is 1. The number of rotatable bonds is 4. The number of nitrogens with two attached hydrogens (primary N) is 1. The first-order valence-electron chi connectivity index (χ1n) is 6.56. The molecule has 1 aromatic carbocycles. The van der Waals surface area contributed by atoms with Gasteiger partial charge in [0.2, 0.25) is 0 Å². The SMILES string of the molecule is CC(N)c1ccc(N2CCC(CCO)C2)cc1O. The lowest BCUT2D eigenvalue weighted by Crippen LogP contribution is -2.20. The van der Waals surface area contributed by atoms with E-state index >= 15 is 0 Å². The summed E-state index contributed by atoms with van der Waals surface area (Å²) in [4.78, 5) is 2.25. The van der Waals surface area contributed by atoms with Crippen molar-refractivity contribution in [1.29, 1.82) is 0 Å². The third kappa shape index (κ3) is 2.76. The zero-order chi connectivity index (χ0) is 13.1. The lowest BCUT2D eigenvalue weighted by Gasteiger charge is -2.20. The number of phenolic OH excluding ortho intramolecular Hbond substituents is 1. The maximum Gasteiger partial charge on any atom is 0.122 e. The molecule has 1 fully saturated rings. The molecule has 2 atom stereocenters. The van der Waals surface area contributed by atoms with Gasteiger partial charge in [0.25, 0.3) is 0 Å². The number of aromatic hydroxyl groups is 1. The zero-order valence-electron chi connectivity index (χ0n) is 10.8. The Labute approximate surface area is 108 Å². The quantitative estimate of drug-likeness (QED) is 0.759. The van der Waals surface area contributed by atoms with Crippen molar-refractivity contribution in [2.24, 2.45) is 11.7 Å². The van der Waals surface area contributed by atoms with E-state index in [4.69, 9.17) is 10.8 Å². The van der Waals surface area contributed by atoms with E-state index in [1.807, 2.05) is 19.1 Å². The second kappa shape index (κ2) is 5.59. The van der Waals surface area contributed by atoms with E-state index < -0.39 is 0 Å². The van der Waals surface area contributed by atoms with Crippen LogP contribution in [-0.2, 0) is 0 Å². The number of hydrogen-bond acceptors (Lipinski definition) is 4. The third-order valence-electron chi connectivity index (χ3n) is 3.69. The van der Waals surface area contributed by atoms with Crippen molar-refractivity contribution in [3.05, 3.63) is 23.8 Å². The normalized spacial score (nSPS) is 21.3. The fraction of sp³-hybridized carbons (Fsp3) is 0.571. The Bertz CT molecular complexity index is 407. The standard InChI is InChI=1S/C14H22N2O2/c1-10(15)13-3-2-12(8-14(13)18)16-6-4-11(9-16)5-7-17/h2-3,8,10-11,17-18H,4-7,9,15H2,1H3. The van der Waals surface area contributed by atoms with Crippen molar-refractivity contribution < 1.29 is 10.2 Å². The average Bonchev–Trinajstić information content (AvgIpc) is 2.77. The van der Waals surface area contributed by atoms with E-state index in [2.05, 4.69) is 4.90 Å². The highest BCUT2D eigenvalue weighted by Crippen LogP contribution is 2.31. The van der Waals surface area contributed by atoms with E-state index in [0.29, 0.717) is 5.92 Å². The van der Waals surface area contributed by atoms with Gasteiger partial charge in [0.15, 0.2) is 0 Å². The monoisotopic (exact) mass is 250 g/mol. The van der Waals surface area contributed by atoms with Gasteiger partial charge in [-0.3, -0.25) is 0 Å². The zero-order valence-corrected chi connectivity index (χ0v) is 10.8. The summed E-state index contributed by atoms with van der Waals surface area (Å²) in [5, 5.41) is 18.9. The molecule has 1 aromatic rings. The highest BCUT2D eigenvalue weighted by molar-refractivity contribution is 5.54. The van der Waals surface area contributed by atoms with Crippen LogP contribution in [0.3, 0.4) is 0 Å². The number of nitrogens with zero attached hydrogens (tertiary/aromatic N) is 1. The van der Waals surface area contributed by atoms with Gasteiger partial charge in [-0.2, -0.15) is 0 Å². The Morgan fingerprint density at radius 1 is 1.50 bits per heavy atom. The molecule has 0 aromatic heterocycles. The van der Waals surface area contributed by atoms with Crippen molar-refractivity contribution in [2.45, 2.75) is 25.8 Å². The van der Waals surface area contributed by atoms with Crippen LogP contribution in [0.25, 0.3) is 0 Å². The van der Waals surface area contributed by atoms with E-state index in [0.717, 1.165) is 37.2 Å². The maximum atomic E-state index is 9.94. The van der Waals surface area contributed by atoms with Gasteiger partial charge in [0.05, 0.1) is 0 Å². The molecule has 2 rings (SSSR count). The molecule has 1 saturated heterocycles. The van der Waals surface area contributed by atoms with Crippen LogP contribution in [0.1, 0.15) is 31.4 Å². The fourth-order valence-corrected chi connectivity index (χ4v) is 2.60. The summed E-state index contributed by atoms with van der Waals surface area (Å²) in [7, 11) is 0. The second-order valence-corrected chi connectivity index (χ2v) is 5.14. The molecule has 0 spiro atoms. The Balaban J connectivity index is 2.09. The van der Waals surface area contributed by atoms with Gasteiger partial charge in [-0.15, -0.1) is 0 Å². The van der Waals surface area contributed by atoms with Gasteiger partial charge < -0.3 is 20.8 Å². The van der Waals surface area contributed by atoms with Crippen LogP contribution in [0, 0.1) is 5.92 Å². The molecule has 4 nitrogen and oxygen atoms in total. The average molecular weight is 250 g/mol. The van der Waals surface area contributed by atoms with Gasteiger partial charge >= 0.3 is 0 Å². The number of aliphatic hydroxyl groups is 1. The number of phenols is 1. The molecule has 0 aliphatic carbocycles. The van der Waals surface area contributed by atoms with Crippen molar-refractivity contribution in [1.82, 2.24) is 0 Å². The van der Waals surface area contributed by atoms with Gasteiger partial charge in [-0.1, -0.05) is 6.07 Å². The van der Waals surface area contributed by atoms with Gasteiger partial charge in [0, 0.05) is 43.1 Å². The van der Waals surface area contributed by atoms with E-state index in [-0.39, 0.29) is 18.4 Å². The number of anilines is 1. The van der Waals surface area contributed by atoms with Crippen molar-refractivity contribution in [3.63, 3.8) is 0 Å². The van der Waals surface area contributed by atoms with Crippen LogP contribution in [0.5, 0.6) is 5.75 Å². The van der Waals surface area contributed by atoms with Gasteiger partial charge in [0.1, 0.15) is 5.75 Å². The predicted octanol–water partition coefficient (Wildman–Crippen LogP) is 1.62. The molecule has 100 valence electrons. The van der Waals surface area contributed by atoms with Crippen molar-refractivity contribution in [3.8, 4) is 5.75 Å². The number of hydrogen-bond donors (Lipinski definition) is 3. The maximum absolute atomic E-state index is 9.94. The van der Waals surface area contributed by atoms with E-state index in [1.165, 1.54) is 0 Å². The first kappa shape index (κ1) is 13.2. The largest absolute Gasteiger partial charge is 0.508 e. The highest BCUT2D eigenvalue weighted by atomic mass is 16.3. The molecule has 0 bridgehead atoms. The topological polar surface area (TPSA) is 69.7 Å². The molecule has 4 N–H and O–H groups in total. The van der Waals surface area contributed by atoms with E-state index in [9.17, 15) is 5.11 Å². The highest BCUT2D eigenvalue weighted by Gasteiger charge is 2.22. The lowest BCUT2D eigenvalue weighted by molar-refractivity contribution is 0.263. The van der Waals surface area contributed by atoms with Crippen molar-refractivity contribution >= 4 is 5.69 Å². The summed E-state index contributed by atoms with van der Waals surface area (Å²) in [6.45, 7) is 4.06. The number of benzene rings is 1. The van der Waals surface area contributed by atoms with Crippen LogP contribution in [0.15, 0.2) is 18.2 Å². The Morgan fingerprint density at radius 2 is 2.28 bits per heavy atom. The third-order valence-corrected chi connectivity index (χ3v) is 3.69. The van der Waals surface area contributed by atoms with Crippen LogP contribution in [-0.4, -0.2) is 29.9 Å². The predicted molar refractivity (Wildman–Crippen MR) is 72.7 cm³/mol. The second-order valence-electron chi connectivity index (χ2n) is 5.14. The van der Waals surface area contributed by atoms with Crippen LogP contribution in [0.2, 0.25) is 0 Å². The fourth-order valence-electron chi connectivity index (χ4n) is 2.60. The molecule has 1 aliphatic rings. The van der Waals surface area contributed by atoms with Crippen LogP contribution < -0.4 is 10.6 Å². The molecule has 4 heteroatoms. The summed E-state index contributed by atoms with van der Waals surface area (Å²) in [6, 6.07) is 5.55. The molecule has 0 saturated carbocycles. The lowest BCUT2D eigenvalue weighted by atomic mass is 10.1. The molecular weight excluding hydrogens is 228 g/mol. The summed E-state index contributed by atoms with van der Waals surface area (Å²) in [6.07, 6.45) is 1.97. The summed E-state index contributed by atoms with van der Waals surface area (Å²) < 4.78 is 0. The first-order chi connectivity index (χ1) is 8.61. The molecule has 1 aliphatic heterocycles. The van der Waals surface area contributed by atoms with Crippen LogP contribution >= 0.6 is 0 Å². The first-order valence-corrected chi connectivity index (χ1v) is 6.56. The molecule has 0 radical (unpaired) electrons. The Morgan fingerprint density at radius 3 is 2.89 bits per heavy atom. The summed E-state index contributed by atoms with van der Waals surface area (Å²) in [5.41, 5.74) is 7.60. The molecule has 0 amide bonds. The van der Waals surface area contributed by atoms with Gasteiger partial charge in [-0.05, 0) is 31.7 Å². The molecule has 2 unspecified atom stereocenters. The minimum absolute atomic E-state index is 0.153. The molecule has 18 heavy (non-hydrogen) atoms.